The van der Waals surface area contributed by atoms with Gasteiger partial charge in [0, 0.05) is 31.9 Å². The van der Waals surface area contributed by atoms with E-state index in [-0.39, 0.29) is 17.8 Å². The van der Waals surface area contributed by atoms with Crippen LogP contribution in [0.15, 0.2) is 36.5 Å². The fraction of sp³-hybridized carbons (Fsp3) is 0.524. The maximum Gasteiger partial charge on any atom is 0.271 e. The Morgan fingerprint density at radius 3 is 2.68 bits per heavy atom. The number of ether oxygens (including phenoxy) is 1. The molecule has 1 atom stereocenters. The van der Waals surface area contributed by atoms with Crippen LogP contribution in [0, 0.1) is 11.7 Å². The molecule has 3 rings (SSSR count). The van der Waals surface area contributed by atoms with Gasteiger partial charge in [-0.05, 0) is 30.2 Å². The second-order valence-corrected chi connectivity index (χ2v) is 7.13. The van der Waals surface area contributed by atoms with Crippen LogP contribution >= 0.6 is 0 Å². The van der Waals surface area contributed by atoms with Crippen LogP contribution < -0.4 is 5.32 Å². The SMILES string of the molecule is CCC(CC)C(CNC(=O)c1ccn(-c2cccc(F)c2)n1)N1CCOCC1. The Kier molecular flexibility index (Phi) is 7.17. The van der Waals surface area contributed by atoms with Crippen molar-refractivity contribution in [2.24, 2.45) is 5.92 Å². The molecule has 1 N–H and O–H groups in total. The lowest BCUT2D eigenvalue weighted by atomic mass is 9.92. The van der Waals surface area contributed by atoms with E-state index in [1.54, 1.807) is 24.4 Å². The van der Waals surface area contributed by atoms with Crippen molar-refractivity contribution in [3.8, 4) is 5.69 Å². The van der Waals surface area contributed by atoms with Crippen molar-refractivity contribution in [3.63, 3.8) is 0 Å². The van der Waals surface area contributed by atoms with E-state index < -0.39 is 0 Å². The molecule has 2 aromatic rings. The molecule has 1 unspecified atom stereocenters. The zero-order valence-electron chi connectivity index (χ0n) is 16.6. The van der Waals surface area contributed by atoms with Crippen LogP contribution in [0.5, 0.6) is 0 Å². The minimum Gasteiger partial charge on any atom is -0.379 e. The van der Waals surface area contributed by atoms with Crippen LogP contribution in [0.2, 0.25) is 0 Å². The molecular weight excluding hydrogens is 359 g/mol. The molecule has 1 aliphatic rings. The van der Waals surface area contributed by atoms with Crippen LogP contribution in [-0.2, 0) is 4.74 Å². The first kappa shape index (κ1) is 20.5. The Labute approximate surface area is 165 Å². The highest BCUT2D eigenvalue weighted by atomic mass is 19.1. The molecule has 6 nitrogen and oxygen atoms in total. The summed E-state index contributed by atoms with van der Waals surface area (Å²) in [5.41, 5.74) is 0.914. The van der Waals surface area contributed by atoms with Gasteiger partial charge in [-0.3, -0.25) is 9.69 Å². The lowest BCUT2D eigenvalue weighted by Crippen LogP contribution is -2.52. The van der Waals surface area contributed by atoms with E-state index >= 15 is 0 Å². The smallest absolute Gasteiger partial charge is 0.271 e. The molecule has 2 heterocycles. The van der Waals surface area contributed by atoms with E-state index in [0.717, 1.165) is 39.1 Å². The summed E-state index contributed by atoms with van der Waals surface area (Å²) in [4.78, 5) is 15.1. The summed E-state index contributed by atoms with van der Waals surface area (Å²) >= 11 is 0. The zero-order valence-corrected chi connectivity index (χ0v) is 16.6. The Balaban J connectivity index is 1.65. The minimum absolute atomic E-state index is 0.209. The lowest BCUT2D eigenvalue weighted by molar-refractivity contribution is 0.00190. The summed E-state index contributed by atoms with van der Waals surface area (Å²) in [6.07, 6.45) is 3.81. The molecule has 1 fully saturated rings. The number of aromatic nitrogens is 2. The number of morpholine rings is 1. The molecule has 1 saturated heterocycles. The van der Waals surface area contributed by atoms with Crippen LogP contribution in [0.4, 0.5) is 4.39 Å². The number of nitrogens with one attached hydrogen (secondary N) is 1. The molecule has 0 bridgehead atoms. The molecule has 0 spiro atoms. The summed E-state index contributed by atoms with van der Waals surface area (Å²) in [5, 5.41) is 7.35. The minimum atomic E-state index is -0.336. The number of hydrogen-bond donors (Lipinski definition) is 1. The molecule has 1 aliphatic heterocycles. The van der Waals surface area contributed by atoms with Gasteiger partial charge < -0.3 is 10.1 Å². The van der Waals surface area contributed by atoms with Gasteiger partial charge in [-0.15, -0.1) is 0 Å². The van der Waals surface area contributed by atoms with E-state index in [0.29, 0.717) is 23.8 Å². The zero-order chi connectivity index (χ0) is 19.9. The second-order valence-electron chi connectivity index (χ2n) is 7.13. The van der Waals surface area contributed by atoms with Crippen LogP contribution in [0.1, 0.15) is 37.2 Å². The molecule has 152 valence electrons. The first-order valence-corrected chi connectivity index (χ1v) is 10.0. The summed E-state index contributed by atoms with van der Waals surface area (Å²) in [7, 11) is 0. The Morgan fingerprint density at radius 2 is 2.00 bits per heavy atom. The van der Waals surface area contributed by atoms with E-state index in [1.165, 1.54) is 16.8 Å². The van der Waals surface area contributed by atoms with Gasteiger partial charge in [-0.1, -0.05) is 32.8 Å². The summed E-state index contributed by atoms with van der Waals surface area (Å²) in [5.74, 6) is -0.0276. The molecule has 28 heavy (non-hydrogen) atoms. The number of benzene rings is 1. The molecular formula is C21H29FN4O2. The van der Waals surface area contributed by atoms with Gasteiger partial charge in [0.2, 0.25) is 0 Å². The van der Waals surface area contributed by atoms with Crippen molar-refractivity contribution in [2.45, 2.75) is 32.7 Å². The van der Waals surface area contributed by atoms with E-state index in [4.69, 9.17) is 4.74 Å². The number of carbonyl (C=O) groups is 1. The molecule has 0 aliphatic carbocycles. The highest BCUT2D eigenvalue weighted by Crippen LogP contribution is 2.20. The Bertz CT molecular complexity index is 769. The maximum absolute atomic E-state index is 13.4. The standard InChI is InChI=1S/C21H29FN4O2/c1-3-16(4-2)20(25-10-12-28-13-11-25)15-23-21(27)19-8-9-26(24-19)18-7-5-6-17(22)14-18/h5-9,14,16,20H,3-4,10-13,15H2,1-2H3,(H,23,27). The number of hydrogen-bond acceptors (Lipinski definition) is 4. The number of nitrogens with zero attached hydrogens (tertiary/aromatic N) is 3. The molecule has 1 aromatic carbocycles. The topological polar surface area (TPSA) is 59.4 Å². The van der Waals surface area contributed by atoms with E-state index in [1.807, 2.05) is 0 Å². The van der Waals surface area contributed by atoms with Crippen molar-refractivity contribution >= 4 is 5.91 Å². The quantitative estimate of drug-likeness (QED) is 0.756. The third-order valence-electron chi connectivity index (χ3n) is 5.47. The predicted molar refractivity (Wildman–Crippen MR) is 106 cm³/mol. The summed E-state index contributed by atoms with van der Waals surface area (Å²) < 4.78 is 20.4. The van der Waals surface area contributed by atoms with Gasteiger partial charge in [0.05, 0.1) is 18.9 Å². The van der Waals surface area contributed by atoms with E-state index in [2.05, 4.69) is 29.2 Å². The van der Waals surface area contributed by atoms with Gasteiger partial charge in [-0.25, -0.2) is 9.07 Å². The molecule has 0 radical (unpaired) electrons. The monoisotopic (exact) mass is 388 g/mol. The number of rotatable bonds is 8. The molecule has 1 aromatic heterocycles. The van der Waals surface area contributed by atoms with Gasteiger partial charge in [0.15, 0.2) is 5.69 Å². The van der Waals surface area contributed by atoms with Crippen molar-refractivity contribution in [1.82, 2.24) is 20.0 Å². The first-order valence-electron chi connectivity index (χ1n) is 10.0. The molecule has 1 amide bonds. The molecule has 7 heteroatoms. The average molecular weight is 388 g/mol. The van der Waals surface area contributed by atoms with Crippen molar-refractivity contribution in [3.05, 3.63) is 48.0 Å². The van der Waals surface area contributed by atoms with Gasteiger partial charge in [-0.2, -0.15) is 5.10 Å². The normalized spacial score (nSPS) is 16.3. The van der Waals surface area contributed by atoms with Crippen molar-refractivity contribution in [1.29, 1.82) is 0 Å². The van der Waals surface area contributed by atoms with Crippen LogP contribution in [-0.4, -0.2) is 59.5 Å². The third kappa shape index (κ3) is 4.97. The maximum atomic E-state index is 13.4. The third-order valence-corrected chi connectivity index (χ3v) is 5.47. The predicted octanol–water partition coefficient (Wildman–Crippen LogP) is 2.88. The van der Waals surface area contributed by atoms with Gasteiger partial charge in [0.25, 0.3) is 5.91 Å². The highest BCUT2D eigenvalue weighted by molar-refractivity contribution is 5.92. The largest absolute Gasteiger partial charge is 0.379 e. The van der Waals surface area contributed by atoms with Gasteiger partial charge >= 0.3 is 0 Å². The lowest BCUT2D eigenvalue weighted by Gasteiger charge is -2.38. The molecule has 0 saturated carbocycles. The number of halogens is 1. The van der Waals surface area contributed by atoms with Crippen molar-refractivity contribution in [2.75, 3.05) is 32.8 Å². The van der Waals surface area contributed by atoms with Crippen LogP contribution in [0.3, 0.4) is 0 Å². The van der Waals surface area contributed by atoms with Gasteiger partial charge in [0.1, 0.15) is 5.82 Å². The van der Waals surface area contributed by atoms with Crippen LogP contribution in [0.25, 0.3) is 5.69 Å². The first-order chi connectivity index (χ1) is 13.6. The highest BCUT2D eigenvalue weighted by Gasteiger charge is 2.27. The average Bonchev–Trinajstić information content (AvgIpc) is 3.22. The Morgan fingerprint density at radius 1 is 1.25 bits per heavy atom. The Hall–Kier alpha value is -2.25. The number of amides is 1. The van der Waals surface area contributed by atoms with E-state index in [9.17, 15) is 9.18 Å². The fourth-order valence-electron chi connectivity index (χ4n) is 3.83. The summed E-state index contributed by atoms with van der Waals surface area (Å²) in [6.45, 7) is 8.24. The fourth-order valence-corrected chi connectivity index (χ4v) is 3.83. The summed E-state index contributed by atoms with van der Waals surface area (Å²) in [6, 6.07) is 8.07. The second kappa shape index (κ2) is 9.80. The number of carbonyl (C=O) groups excluding carboxylic acids is 1. The van der Waals surface area contributed by atoms with Crippen molar-refractivity contribution < 1.29 is 13.9 Å².